The summed E-state index contributed by atoms with van der Waals surface area (Å²) < 4.78 is 4.91. The zero-order valence-corrected chi connectivity index (χ0v) is 9.17. The van der Waals surface area contributed by atoms with Gasteiger partial charge in [-0.25, -0.2) is 4.98 Å². The summed E-state index contributed by atoms with van der Waals surface area (Å²) in [6, 6.07) is 2.98. The Bertz CT molecular complexity index is 612. The molecular formula is C10H9N3O4. The first-order chi connectivity index (χ1) is 8.04. The predicted octanol–water partition coefficient (Wildman–Crippen LogP) is 1.56. The van der Waals surface area contributed by atoms with Crippen molar-refractivity contribution in [1.29, 1.82) is 0 Å². The van der Waals surface area contributed by atoms with E-state index >= 15 is 0 Å². The van der Waals surface area contributed by atoms with Gasteiger partial charge in [0, 0.05) is 6.07 Å². The summed E-state index contributed by atoms with van der Waals surface area (Å²) in [5, 5.41) is 20.8. The van der Waals surface area contributed by atoms with Gasteiger partial charge in [0.1, 0.15) is 5.69 Å². The van der Waals surface area contributed by atoms with Crippen LogP contribution in [0.1, 0.15) is 5.69 Å². The van der Waals surface area contributed by atoms with E-state index in [1.165, 1.54) is 26.2 Å². The molecule has 2 aromatic heterocycles. The molecule has 0 radical (unpaired) electrons. The number of aryl methyl sites for hydroxylation is 1. The van der Waals surface area contributed by atoms with Gasteiger partial charge in [0.15, 0.2) is 5.65 Å². The molecule has 7 nitrogen and oxygen atoms in total. The molecule has 0 fully saturated rings. The van der Waals surface area contributed by atoms with Gasteiger partial charge >= 0.3 is 5.69 Å². The van der Waals surface area contributed by atoms with Crippen molar-refractivity contribution in [3.05, 3.63) is 27.9 Å². The Hall–Kier alpha value is -2.44. The summed E-state index contributed by atoms with van der Waals surface area (Å²) >= 11 is 0. The number of hydrogen-bond donors (Lipinski definition) is 1. The number of rotatable bonds is 2. The molecule has 0 saturated heterocycles. The molecule has 2 aromatic rings. The van der Waals surface area contributed by atoms with Crippen LogP contribution in [0.5, 0.6) is 11.6 Å². The SMILES string of the molecule is COc1ccc2c(O)c([N+](=O)[O-])c(C)nc2n1. The minimum absolute atomic E-state index is 0.112. The van der Waals surface area contributed by atoms with Gasteiger partial charge in [-0.05, 0) is 13.0 Å². The Morgan fingerprint density at radius 3 is 2.71 bits per heavy atom. The standard InChI is InChI=1S/C10H9N3O4/c1-5-8(13(15)16)9(14)6-3-4-7(17-2)12-10(6)11-5/h3-4H,1-2H3,(H,11,12,14). The first-order valence-electron chi connectivity index (χ1n) is 4.73. The maximum absolute atomic E-state index is 10.8. The molecule has 0 atom stereocenters. The Morgan fingerprint density at radius 2 is 2.12 bits per heavy atom. The van der Waals surface area contributed by atoms with Gasteiger partial charge in [-0.2, -0.15) is 4.98 Å². The van der Waals surface area contributed by atoms with Gasteiger partial charge < -0.3 is 9.84 Å². The Kier molecular flexibility index (Phi) is 2.51. The maximum Gasteiger partial charge on any atom is 0.332 e. The lowest BCUT2D eigenvalue weighted by Crippen LogP contribution is -1.98. The first kappa shape index (κ1) is 11.1. The van der Waals surface area contributed by atoms with Crippen molar-refractivity contribution < 1.29 is 14.8 Å². The Labute approximate surface area is 95.8 Å². The number of ether oxygens (including phenoxy) is 1. The molecule has 0 spiro atoms. The van der Waals surface area contributed by atoms with Crippen molar-refractivity contribution >= 4 is 16.7 Å². The second-order valence-electron chi connectivity index (χ2n) is 3.38. The third-order valence-electron chi connectivity index (χ3n) is 2.34. The quantitative estimate of drug-likeness (QED) is 0.626. The number of hydrogen-bond acceptors (Lipinski definition) is 6. The van der Waals surface area contributed by atoms with Crippen molar-refractivity contribution in [3.8, 4) is 11.6 Å². The monoisotopic (exact) mass is 235 g/mol. The molecule has 2 heterocycles. The van der Waals surface area contributed by atoms with E-state index in [9.17, 15) is 15.2 Å². The van der Waals surface area contributed by atoms with Gasteiger partial charge in [-0.3, -0.25) is 10.1 Å². The van der Waals surface area contributed by atoms with E-state index in [1.54, 1.807) is 0 Å². The van der Waals surface area contributed by atoms with E-state index in [2.05, 4.69) is 9.97 Å². The molecular weight excluding hydrogens is 226 g/mol. The molecule has 0 bridgehead atoms. The highest BCUT2D eigenvalue weighted by Gasteiger charge is 2.22. The third kappa shape index (κ3) is 1.71. The first-order valence-corrected chi connectivity index (χ1v) is 4.73. The second kappa shape index (κ2) is 3.85. The maximum atomic E-state index is 10.8. The van der Waals surface area contributed by atoms with Crippen LogP contribution in [0, 0.1) is 17.0 Å². The lowest BCUT2D eigenvalue weighted by Gasteiger charge is -2.05. The summed E-state index contributed by atoms with van der Waals surface area (Å²) in [5.74, 6) is -0.0923. The number of nitrogens with zero attached hydrogens (tertiary/aromatic N) is 3. The molecule has 17 heavy (non-hydrogen) atoms. The largest absolute Gasteiger partial charge is 0.502 e. The molecule has 0 amide bonds. The van der Waals surface area contributed by atoms with E-state index < -0.39 is 16.4 Å². The molecule has 0 unspecified atom stereocenters. The number of aromatic nitrogens is 2. The van der Waals surface area contributed by atoms with Crippen molar-refractivity contribution in [2.75, 3.05) is 7.11 Å². The van der Waals surface area contributed by atoms with Crippen LogP contribution in [0.2, 0.25) is 0 Å². The van der Waals surface area contributed by atoms with Gasteiger partial charge in [0.2, 0.25) is 11.6 Å². The minimum Gasteiger partial charge on any atom is -0.502 e. The predicted molar refractivity (Wildman–Crippen MR) is 59.1 cm³/mol. The Balaban J connectivity index is 2.81. The molecule has 0 aromatic carbocycles. The normalized spacial score (nSPS) is 10.5. The van der Waals surface area contributed by atoms with Crippen LogP contribution in [-0.2, 0) is 0 Å². The fourth-order valence-electron chi connectivity index (χ4n) is 1.54. The number of aromatic hydroxyl groups is 1. The molecule has 0 aliphatic heterocycles. The van der Waals surface area contributed by atoms with Crippen molar-refractivity contribution in [2.45, 2.75) is 6.92 Å². The molecule has 0 aliphatic rings. The van der Waals surface area contributed by atoms with Crippen LogP contribution >= 0.6 is 0 Å². The van der Waals surface area contributed by atoms with Crippen LogP contribution in [0.3, 0.4) is 0 Å². The highest BCUT2D eigenvalue weighted by Crippen LogP contribution is 2.35. The fourth-order valence-corrected chi connectivity index (χ4v) is 1.54. The summed E-state index contributed by atoms with van der Waals surface area (Å²) in [6.07, 6.45) is 0. The minimum atomic E-state index is -0.665. The van der Waals surface area contributed by atoms with E-state index in [1.807, 2.05) is 0 Å². The fraction of sp³-hybridized carbons (Fsp3) is 0.200. The van der Waals surface area contributed by atoms with Crippen LogP contribution in [0.15, 0.2) is 12.1 Å². The lowest BCUT2D eigenvalue weighted by atomic mass is 10.2. The zero-order valence-electron chi connectivity index (χ0n) is 9.17. The van der Waals surface area contributed by atoms with Crippen molar-refractivity contribution in [2.24, 2.45) is 0 Å². The number of nitro groups is 1. The van der Waals surface area contributed by atoms with Crippen molar-refractivity contribution in [1.82, 2.24) is 9.97 Å². The summed E-state index contributed by atoms with van der Waals surface area (Å²) in [7, 11) is 1.45. The van der Waals surface area contributed by atoms with Gasteiger partial charge in [0.05, 0.1) is 17.4 Å². The Morgan fingerprint density at radius 1 is 1.41 bits per heavy atom. The van der Waals surface area contributed by atoms with Crippen LogP contribution in [0.4, 0.5) is 5.69 Å². The zero-order chi connectivity index (χ0) is 12.6. The van der Waals surface area contributed by atoms with E-state index in [-0.39, 0.29) is 16.7 Å². The molecule has 7 heteroatoms. The lowest BCUT2D eigenvalue weighted by molar-refractivity contribution is -0.386. The third-order valence-corrected chi connectivity index (χ3v) is 2.34. The average Bonchev–Trinajstić information content (AvgIpc) is 2.27. The summed E-state index contributed by atoms with van der Waals surface area (Å²) in [4.78, 5) is 18.1. The van der Waals surface area contributed by atoms with E-state index in [4.69, 9.17) is 4.74 Å². The highest BCUT2D eigenvalue weighted by molar-refractivity contribution is 5.86. The van der Waals surface area contributed by atoms with Crippen molar-refractivity contribution in [3.63, 3.8) is 0 Å². The molecule has 2 rings (SSSR count). The topological polar surface area (TPSA) is 98.4 Å². The number of fused-ring (bicyclic) bond motifs is 1. The average molecular weight is 235 g/mol. The number of pyridine rings is 2. The molecule has 0 aliphatic carbocycles. The smallest absolute Gasteiger partial charge is 0.332 e. The molecule has 88 valence electrons. The highest BCUT2D eigenvalue weighted by atomic mass is 16.6. The summed E-state index contributed by atoms with van der Waals surface area (Å²) in [5.41, 5.74) is -0.0739. The molecule has 0 saturated carbocycles. The van der Waals surface area contributed by atoms with Crippen LogP contribution in [0.25, 0.3) is 11.0 Å². The number of methoxy groups -OCH3 is 1. The molecule has 1 N–H and O–H groups in total. The van der Waals surface area contributed by atoms with Gasteiger partial charge in [-0.1, -0.05) is 0 Å². The van der Waals surface area contributed by atoms with Gasteiger partial charge in [0.25, 0.3) is 0 Å². The van der Waals surface area contributed by atoms with E-state index in [0.29, 0.717) is 5.88 Å². The summed E-state index contributed by atoms with van der Waals surface area (Å²) in [6.45, 7) is 1.44. The van der Waals surface area contributed by atoms with E-state index in [0.717, 1.165) is 0 Å². The van der Waals surface area contributed by atoms with Crippen LogP contribution < -0.4 is 4.74 Å². The second-order valence-corrected chi connectivity index (χ2v) is 3.38. The van der Waals surface area contributed by atoms with Gasteiger partial charge in [-0.15, -0.1) is 0 Å². The van der Waals surface area contributed by atoms with Crippen LogP contribution in [-0.4, -0.2) is 27.1 Å².